The molecule has 1 saturated carbocycles. The van der Waals surface area contributed by atoms with Crippen LogP contribution in [0.5, 0.6) is 0 Å². The normalized spacial score (nSPS) is 17.1. The Morgan fingerprint density at radius 1 is 0.837 bits per heavy atom. The molecule has 3 aromatic carbocycles. The number of aryl methyl sites for hydroxylation is 1. The van der Waals surface area contributed by atoms with Crippen molar-refractivity contribution in [3.05, 3.63) is 75.2 Å². The van der Waals surface area contributed by atoms with Crippen LogP contribution in [0, 0.1) is 18.8 Å². The van der Waals surface area contributed by atoms with E-state index in [1.165, 1.54) is 0 Å². The zero-order chi connectivity index (χ0) is 33.7. The van der Waals surface area contributed by atoms with E-state index >= 15 is 0 Å². The maximum Gasteiger partial charge on any atom is 0.251 e. The number of nitrogens with zero attached hydrogens (tertiary/aromatic N) is 3. The molecule has 2 saturated heterocycles. The molecule has 10 nitrogen and oxygen atoms in total. The first-order valence-electron chi connectivity index (χ1n) is 17.3. The molecular weight excluding hydrogens is 750 g/mol. The number of amides is 1. The largest absolute Gasteiger partial charge is 0.383 e. The van der Waals surface area contributed by atoms with Crippen molar-refractivity contribution in [3.8, 4) is 5.69 Å². The monoisotopic (exact) mass is 791 g/mol. The molecule has 258 valence electrons. The fourth-order valence-corrected chi connectivity index (χ4v) is 7.43. The maximum absolute atomic E-state index is 12.5. The molecule has 0 bridgehead atoms. The lowest BCUT2D eigenvalue weighted by Gasteiger charge is -2.22. The lowest BCUT2D eigenvalue weighted by molar-refractivity contribution is 0.0698. The predicted octanol–water partition coefficient (Wildman–Crippen LogP) is 7.99. The summed E-state index contributed by atoms with van der Waals surface area (Å²) in [6.07, 6.45) is 10.2. The fourth-order valence-electron chi connectivity index (χ4n) is 6.52. The topological polar surface area (TPSA) is 118 Å². The van der Waals surface area contributed by atoms with Crippen molar-refractivity contribution in [2.75, 3.05) is 50.2 Å². The minimum Gasteiger partial charge on any atom is -0.383 e. The van der Waals surface area contributed by atoms with E-state index in [0.29, 0.717) is 17.9 Å². The fraction of sp³-hybridized carbons (Fsp3) is 0.432. The second-order valence-corrected chi connectivity index (χ2v) is 15.1. The van der Waals surface area contributed by atoms with Crippen LogP contribution in [0.4, 0.5) is 11.4 Å². The average Bonchev–Trinajstić information content (AvgIpc) is 3.61. The van der Waals surface area contributed by atoms with Crippen LogP contribution in [0.3, 0.4) is 0 Å². The Morgan fingerprint density at radius 2 is 1.47 bits per heavy atom. The number of anilines is 2. The molecule has 8 rings (SSSR count). The van der Waals surface area contributed by atoms with Gasteiger partial charge in [-0.25, -0.2) is 9.97 Å². The third-order valence-corrected chi connectivity index (χ3v) is 10.5. The minimum atomic E-state index is 0.0179. The summed E-state index contributed by atoms with van der Waals surface area (Å²) in [6, 6.07) is 14.6. The van der Waals surface area contributed by atoms with Crippen LogP contribution in [0.2, 0.25) is 0 Å². The van der Waals surface area contributed by atoms with Crippen LogP contribution in [-0.2, 0) is 9.47 Å². The number of benzene rings is 3. The number of hydrogen-bond donors (Lipinski definition) is 4. The number of carbonyl (C=O) groups excluding carboxylic acids is 1. The predicted molar refractivity (Wildman–Crippen MR) is 202 cm³/mol. The highest BCUT2D eigenvalue weighted by Crippen LogP contribution is 2.31. The molecule has 3 fully saturated rings. The molecule has 5 aromatic rings. The van der Waals surface area contributed by atoms with Gasteiger partial charge >= 0.3 is 0 Å². The van der Waals surface area contributed by atoms with Gasteiger partial charge in [0.2, 0.25) is 0 Å². The van der Waals surface area contributed by atoms with Gasteiger partial charge in [0.15, 0.2) is 0 Å². The molecule has 12 heteroatoms. The van der Waals surface area contributed by atoms with Gasteiger partial charge in [-0.2, -0.15) is 0 Å². The van der Waals surface area contributed by atoms with Gasteiger partial charge in [0.05, 0.1) is 28.7 Å². The number of fused-ring (bicyclic) bond motifs is 2. The molecule has 1 aliphatic carbocycles. The maximum atomic E-state index is 12.5. The van der Waals surface area contributed by atoms with Crippen LogP contribution in [0.1, 0.15) is 54.4 Å². The molecule has 3 aliphatic rings. The van der Waals surface area contributed by atoms with Crippen molar-refractivity contribution in [3.63, 3.8) is 0 Å². The second kappa shape index (κ2) is 15.6. The van der Waals surface area contributed by atoms with Crippen LogP contribution < -0.4 is 16.0 Å². The summed E-state index contributed by atoms with van der Waals surface area (Å²) in [5.41, 5.74) is 8.85. The van der Waals surface area contributed by atoms with E-state index in [-0.39, 0.29) is 5.91 Å². The highest BCUT2D eigenvalue weighted by atomic mass is 79.9. The Labute approximate surface area is 303 Å². The zero-order valence-corrected chi connectivity index (χ0v) is 30.9. The second-order valence-electron chi connectivity index (χ2n) is 13.3. The number of halogens is 2. The SMILES string of the molecule is Brc1cc(NCC2CCOCC2)c2nc[nH]c2c1.Cc1cc(-n2cnc3c(NCC4CCOCC4)cc(Br)cc32)ccc1C(=O)NC1CC1. The van der Waals surface area contributed by atoms with E-state index in [4.69, 9.17) is 14.5 Å². The highest BCUT2D eigenvalue weighted by molar-refractivity contribution is 9.10. The van der Waals surface area contributed by atoms with Crippen molar-refractivity contribution in [2.24, 2.45) is 11.8 Å². The van der Waals surface area contributed by atoms with Crippen LogP contribution in [-0.4, -0.2) is 71.0 Å². The summed E-state index contributed by atoms with van der Waals surface area (Å²) >= 11 is 7.19. The average molecular weight is 794 g/mol. The number of aromatic amines is 1. The molecule has 0 unspecified atom stereocenters. The van der Waals surface area contributed by atoms with Gasteiger partial charge < -0.3 is 30.4 Å². The Balaban J connectivity index is 0.000000178. The first-order chi connectivity index (χ1) is 23.9. The number of nitrogens with one attached hydrogen (secondary N) is 4. The van der Waals surface area contributed by atoms with E-state index in [0.717, 1.165) is 137 Å². The van der Waals surface area contributed by atoms with E-state index in [1.54, 1.807) is 6.33 Å². The number of hydrogen-bond acceptors (Lipinski definition) is 7. The molecule has 0 atom stereocenters. The number of imidazole rings is 2. The van der Waals surface area contributed by atoms with E-state index in [9.17, 15) is 4.79 Å². The molecule has 49 heavy (non-hydrogen) atoms. The van der Waals surface area contributed by atoms with Gasteiger partial charge in [-0.05, 0) is 105 Å². The number of ether oxygens (including phenoxy) is 2. The Morgan fingerprint density at radius 3 is 2.10 bits per heavy atom. The van der Waals surface area contributed by atoms with Gasteiger partial charge in [0, 0.05) is 65.8 Å². The quantitative estimate of drug-likeness (QED) is 0.120. The zero-order valence-electron chi connectivity index (χ0n) is 27.7. The number of aromatic nitrogens is 4. The lowest BCUT2D eigenvalue weighted by atomic mass is 10.0. The molecule has 1 amide bonds. The Hall–Kier alpha value is -3.45. The van der Waals surface area contributed by atoms with Crippen LogP contribution in [0.15, 0.2) is 64.1 Å². The van der Waals surface area contributed by atoms with Crippen molar-refractivity contribution < 1.29 is 14.3 Å². The van der Waals surface area contributed by atoms with E-state index < -0.39 is 0 Å². The van der Waals surface area contributed by atoms with Crippen molar-refractivity contribution >= 4 is 71.2 Å². The standard InChI is InChI=1S/C24H27BrN4O2.C13H16BrN3O/c1-15-10-19(4-5-20(15)24(30)28-18-2-3-18)29-14-27-23-21(11-17(25)12-22(23)29)26-13-16-6-8-31-9-7-16;14-10-5-11(13-12(6-10)16-8-17-13)15-7-9-1-3-18-4-2-9/h4-5,10-12,14,16,18,26H,2-3,6-9,13H2,1H3,(H,28,30);5-6,8-9,15H,1-4,7H2,(H,16,17). The molecule has 2 aromatic heterocycles. The van der Waals surface area contributed by atoms with E-state index in [2.05, 4.69) is 86.6 Å². The summed E-state index contributed by atoms with van der Waals surface area (Å²) in [6.45, 7) is 7.38. The summed E-state index contributed by atoms with van der Waals surface area (Å²) < 4.78 is 15.0. The van der Waals surface area contributed by atoms with Gasteiger partial charge in [0.25, 0.3) is 5.91 Å². The molecule has 4 N–H and O–H groups in total. The molecular formula is C37H43Br2N7O3. The number of carbonyl (C=O) groups is 1. The summed E-state index contributed by atoms with van der Waals surface area (Å²) in [7, 11) is 0. The van der Waals surface area contributed by atoms with Gasteiger partial charge in [-0.3, -0.25) is 9.36 Å². The summed E-state index contributed by atoms with van der Waals surface area (Å²) in [5.74, 6) is 1.35. The van der Waals surface area contributed by atoms with Gasteiger partial charge in [-0.1, -0.05) is 31.9 Å². The first-order valence-corrected chi connectivity index (χ1v) is 18.8. The molecule has 2 aliphatic heterocycles. The van der Waals surface area contributed by atoms with Crippen LogP contribution >= 0.6 is 31.9 Å². The molecule has 0 spiro atoms. The Bertz CT molecular complexity index is 1910. The third kappa shape index (κ3) is 8.48. The summed E-state index contributed by atoms with van der Waals surface area (Å²) in [4.78, 5) is 24.7. The van der Waals surface area contributed by atoms with Gasteiger partial charge in [0.1, 0.15) is 17.4 Å². The first kappa shape index (κ1) is 34.0. The van der Waals surface area contributed by atoms with E-state index in [1.807, 2.05) is 31.5 Å². The van der Waals surface area contributed by atoms with Crippen molar-refractivity contribution in [1.82, 2.24) is 24.8 Å². The van der Waals surface area contributed by atoms with Crippen molar-refractivity contribution in [1.29, 1.82) is 0 Å². The lowest BCUT2D eigenvalue weighted by Crippen LogP contribution is -2.26. The smallest absolute Gasteiger partial charge is 0.251 e. The Kier molecular flexibility index (Phi) is 10.8. The minimum absolute atomic E-state index is 0.0179. The molecule has 4 heterocycles. The third-order valence-electron chi connectivity index (χ3n) is 9.59. The number of rotatable bonds is 9. The summed E-state index contributed by atoms with van der Waals surface area (Å²) in [5, 5.41) is 10.2. The highest BCUT2D eigenvalue weighted by Gasteiger charge is 2.24. The van der Waals surface area contributed by atoms with Crippen molar-refractivity contribution in [2.45, 2.75) is 51.5 Å². The van der Waals surface area contributed by atoms with Gasteiger partial charge in [-0.15, -0.1) is 0 Å². The number of H-pyrrole nitrogens is 1. The van der Waals surface area contributed by atoms with Crippen LogP contribution in [0.25, 0.3) is 27.8 Å². The molecule has 0 radical (unpaired) electrons.